The first-order valence-corrected chi connectivity index (χ1v) is 10.5. The predicted molar refractivity (Wildman–Crippen MR) is 116 cm³/mol. The predicted octanol–water partition coefficient (Wildman–Crippen LogP) is 3.57. The van der Waals surface area contributed by atoms with E-state index in [2.05, 4.69) is 0 Å². The summed E-state index contributed by atoms with van der Waals surface area (Å²) in [6, 6.07) is 11.5. The van der Waals surface area contributed by atoms with Gasteiger partial charge in [0.2, 0.25) is 0 Å². The molecule has 3 rings (SSSR count). The number of esters is 1. The molecule has 1 aliphatic heterocycles. The average molecular weight is 411 g/mol. The average Bonchev–Trinajstić information content (AvgIpc) is 2.78. The molecular formula is C24H30N2O4. The van der Waals surface area contributed by atoms with Gasteiger partial charge in [-0.1, -0.05) is 30.3 Å². The number of benzene rings is 1. The normalized spacial score (nSPS) is 15.6. The lowest BCUT2D eigenvalue weighted by Crippen LogP contribution is -2.42. The molecule has 1 amide bonds. The van der Waals surface area contributed by atoms with E-state index in [1.165, 1.54) is 7.11 Å². The molecule has 0 aliphatic carbocycles. The SMILES string of the molecule is COC(=O)CCC1CCN(C(=O)c2c(C)ccn(C(C)c3ccccc3)c2=O)CC1. The van der Waals surface area contributed by atoms with E-state index in [1.54, 1.807) is 15.7 Å². The van der Waals surface area contributed by atoms with Crippen molar-refractivity contribution in [2.24, 2.45) is 5.92 Å². The van der Waals surface area contributed by atoms with E-state index in [0.717, 1.165) is 24.8 Å². The zero-order chi connectivity index (χ0) is 21.7. The maximum atomic E-state index is 13.2. The minimum Gasteiger partial charge on any atom is -0.469 e. The number of carbonyl (C=O) groups is 2. The number of pyridine rings is 1. The van der Waals surface area contributed by atoms with Crippen LogP contribution in [0.4, 0.5) is 0 Å². The summed E-state index contributed by atoms with van der Waals surface area (Å²) >= 11 is 0. The number of carbonyl (C=O) groups excluding carboxylic acids is 2. The summed E-state index contributed by atoms with van der Waals surface area (Å²) in [6.07, 6.45) is 4.63. The number of aromatic nitrogens is 1. The summed E-state index contributed by atoms with van der Waals surface area (Å²) < 4.78 is 6.34. The molecule has 30 heavy (non-hydrogen) atoms. The second-order valence-corrected chi connectivity index (χ2v) is 8.02. The Kier molecular flexibility index (Phi) is 7.08. The zero-order valence-electron chi connectivity index (χ0n) is 18.0. The van der Waals surface area contributed by atoms with Gasteiger partial charge in [-0.05, 0) is 56.2 Å². The number of piperidine rings is 1. The van der Waals surface area contributed by atoms with Crippen LogP contribution < -0.4 is 5.56 Å². The first kappa shape index (κ1) is 21.8. The third-order valence-corrected chi connectivity index (χ3v) is 6.13. The summed E-state index contributed by atoms with van der Waals surface area (Å²) in [6.45, 7) is 4.99. The van der Waals surface area contributed by atoms with Gasteiger partial charge in [0, 0.05) is 25.7 Å². The van der Waals surface area contributed by atoms with Crippen LogP contribution in [0.25, 0.3) is 0 Å². The molecule has 0 bridgehead atoms. The van der Waals surface area contributed by atoms with E-state index >= 15 is 0 Å². The fourth-order valence-electron chi connectivity index (χ4n) is 4.11. The Morgan fingerprint density at radius 3 is 2.43 bits per heavy atom. The molecule has 2 heterocycles. The number of methoxy groups -OCH3 is 1. The Balaban J connectivity index is 1.74. The van der Waals surface area contributed by atoms with E-state index in [9.17, 15) is 14.4 Å². The van der Waals surface area contributed by atoms with Crippen LogP contribution in [-0.4, -0.2) is 41.5 Å². The van der Waals surface area contributed by atoms with Crippen LogP contribution >= 0.6 is 0 Å². The lowest BCUT2D eigenvalue weighted by atomic mass is 9.92. The maximum absolute atomic E-state index is 13.2. The Bertz CT molecular complexity index is 943. The van der Waals surface area contributed by atoms with Gasteiger partial charge >= 0.3 is 5.97 Å². The number of nitrogens with zero attached hydrogens (tertiary/aromatic N) is 2. The standard InChI is InChI=1S/C24H30N2O4/c1-17-11-16-26(18(2)20-7-5-4-6-8-20)24(29)22(17)23(28)25-14-12-19(13-15-25)9-10-21(27)30-3/h4-8,11,16,18-19H,9-10,12-15H2,1-3H3. The summed E-state index contributed by atoms with van der Waals surface area (Å²) in [4.78, 5) is 39.6. The fraction of sp³-hybridized carbons (Fsp3) is 0.458. The minimum absolute atomic E-state index is 0.157. The summed E-state index contributed by atoms with van der Waals surface area (Å²) in [5.41, 5.74) is 1.74. The second-order valence-electron chi connectivity index (χ2n) is 8.02. The lowest BCUT2D eigenvalue weighted by molar-refractivity contribution is -0.141. The third kappa shape index (κ3) is 4.81. The van der Waals surface area contributed by atoms with Crippen LogP contribution in [-0.2, 0) is 9.53 Å². The third-order valence-electron chi connectivity index (χ3n) is 6.13. The maximum Gasteiger partial charge on any atom is 0.305 e. The number of likely N-dealkylation sites (tertiary alicyclic amines) is 1. The molecule has 6 nitrogen and oxygen atoms in total. The fourth-order valence-corrected chi connectivity index (χ4v) is 4.11. The van der Waals surface area contributed by atoms with Crippen molar-refractivity contribution in [3.8, 4) is 0 Å². The van der Waals surface area contributed by atoms with Crippen molar-refractivity contribution in [2.45, 2.75) is 45.6 Å². The molecule has 160 valence electrons. The number of amides is 1. The van der Waals surface area contributed by atoms with Crippen molar-refractivity contribution in [3.63, 3.8) is 0 Å². The molecule has 1 fully saturated rings. The van der Waals surface area contributed by atoms with E-state index in [0.29, 0.717) is 31.0 Å². The van der Waals surface area contributed by atoms with Crippen molar-refractivity contribution < 1.29 is 14.3 Å². The van der Waals surface area contributed by atoms with Crippen molar-refractivity contribution in [1.82, 2.24) is 9.47 Å². The lowest BCUT2D eigenvalue weighted by Gasteiger charge is -2.32. The van der Waals surface area contributed by atoms with Crippen LogP contribution in [0.1, 0.15) is 60.1 Å². The first-order chi connectivity index (χ1) is 14.4. The van der Waals surface area contributed by atoms with Crippen molar-refractivity contribution in [1.29, 1.82) is 0 Å². The molecule has 0 saturated carbocycles. The topological polar surface area (TPSA) is 68.6 Å². The van der Waals surface area contributed by atoms with Crippen molar-refractivity contribution in [2.75, 3.05) is 20.2 Å². The summed E-state index contributed by atoms with van der Waals surface area (Å²) in [5.74, 6) is 0.0137. The highest BCUT2D eigenvalue weighted by Gasteiger charge is 2.27. The van der Waals surface area contributed by atoms with Crippen LogP contribution in [0.15, 0.2) is 47.4 Å². The largest absolute Gasteiger partial charge is 0.469 e. The Morgan fingerprint density at radius 1 is 1.13 bits per heavy atom. The molecular weight excluding hydrogens is 380 g/mol. The highest BCUT2D eigenvalue weighted by molar-refractivity contribution is 5.95. The molecule has 0 spiro atoms. The highest BCUT2D eigenvalue weighted by atomic mass is 16.5. The molecule has 1 unspecified atom stereocenters. The molecule has 1 aromatic carbocycles. The van der Waals surface area contributed by atoms with Crippen LogP contribution in [0, 0.1) is 12.8 Å². The smallest absolute Gasteiger partial charge is 0.305 e. The van der Waals surface area contributed by atoms with Gasteiger partial charge in [0.25, 0.3) is 11.5 Å². The van der Waals surface area contributed by atoms with Gasteiger partial charge in [-0.3, -0.25) is 14.4 Å². The molecule has 1 atom stereocenters. The van der Waals surface area contributed by atoms with Gasteiger partial charge < -0.3 is 14.2 Å². The zero-order valence-corrected chi connectivity index (χ0v) is 18.0. The summed E-state index contributed by atoms with van der Waals surface area (Å²) in [5, 5.41) is 0. The minimum atomic E-state index is -0.246. The quantitative estimate of drug-likeness (QED) is 0.683. The van der Waals surface area contributed by atoms with Crippen LogP contribution in [0.2, 0.25) is 0 Å². The monoisotopic (exact) mass is 410 g/mol. The van der Waals surface area contributed by atoms with Gasteiger partial charge in [-0.25, -0.2) is 0 Å². The second kappa shape index (κ2) is 9.74. The van der Waals surface area contributed by atoms with E-state index in [4.69, 9.17) is 4.74 Å². The number of aryl methyl sites for hydroxylation is 1. The molecule has 6 heteroatoms. The van der Waals surface area contributed by atoms with Crippen LogP contribution in [0.5, 0.6) is 0 Å². The van der Waals surface area contributed by atoms with Crippen LogP contribution in [0.3, 0.4) is 0 Å². The van der Waals surface area contributed by atoms with Crippen molar-refractivity contribution in [3.05, 3.63) is 69.6 Å². The van der Waals surface area contributed by atoms with E-state index in [1.807, 2.05) is 50.2 Å². The van der Waals surface area contributed by atoms with Gasteiger partial charge in [0.15, 0.2) is 0 Å². The van der Waals surface area contributed by atoms with Crippen molar-refractivity contribution >= 4 is 11.9 Å². The molecule has 0 radical (unpaired) electrons. The van der Waals surface area contributed by atoms with E-state index < -0.39 is 0 Å². The van der Waals surface area contributed by atoms with Gasteiger partial charge in [0.05, 0.1) is 13.2 Å². The molecule has 2 aromatic rings. The molecule has 1 saturated heterocycles. The van der Waals surface area contributed by atoms with Gasteiger partial charge in [0.1, 0.15) is 5.56 Å². The Labute approximate surface area is 177 Å². The number of ether oxygens (including phenoxy) is 1. The highest BCUT2D eigenvalue weighted by Crippen LogP contribution is 2.24. The number of hydrogen-bond donors (Lipinski definition) is 0. The molecule has 1 aliphatic rings. The summed E-state index contributed by atoms with van der Waals surface area (Å²) in [7, 11) is 1.40. The molecule has 1 aromatic heterocycles. The molecule has 0 N–H and O–H groups in total. The first-order valence-electron chi connectivity index (χ1n) is 10.5. The number of hydrogen-bond acceptors (Lipinski definition) is 4. The Hall–Kier alpha value is -2.89. The Morgan fingerprint density at radius 2 is 1.80 bits per heavy atom. The van der Waals surface area contributed by atoms with Gasteiger partial charge in [-0.2, -0.15) is 0 Å². The van der Waals surface area contributed by atoms with E-state index in [-0.39, 0.29) is 29.0 Å². The van der Waals surface area contributed by atoms with Gasteiger partial charge in [-0.15, -0.1) is 0 Å². The number of rotatable bonds is 6.